The van der Waals surface area contributed by atoms with E-state index in [0.717, 1.165) is 5.56 Å². The van der Waals surface area contributed by atoms with Crippen molar-refractivity contribution in [3.05, 3.63) is 46.1 Å². The summed E-state index contributed by atoms with van der Waals surface area (Å²) < 4.78 is 15.6. The normalized spacial score (nSPS) is 13.1. The monoisotopic (exact) mass is 399 g/mol. The molecule has 6 nitrogen and oxygen atoms in total. The Morgan fingerprint density at radius 2 is 1.75 bits per heavy atom. The molecule has 0 radical (unpaired) electrons. The van der Waals surface area contributed by atoms with Crippen LogP contribution in [0.4, 0.5) is 4.79 Å². The first-order valence-corrected chi connectivity index (χ1v) is 8.18. The van der Waals surface area contributed by atoms with Crippen molar-refractivity contribution in [2.45, 2.75) is 26.6 Å². The average molecular weight is 400 g/mol. The molecule has 7 heteroatoms. The fraction of sp³-hybridized carbons (Fsp3) is 0.412. The number of carbonyl (C=O) groups excluding carboxylic acids is 2. The number of alkyl carbamates (subject to hydrolysis) is 1. The van der Waals surface area contributed by atoms with Gasteiger partial charge in [-0.25, -0.2) is 9.59 Å². The summed E-state index contributed by atoms with van der Waals surface area (Å²) in [5.74, 6) is -0.650. The number of nitrogens with one attached hydrogen (secondary N) is 1. The molecule has 24 heavy (non-hydrogen) atoms. The number of methoxy groups -OCH3 is 2. The molecule has 1 rings (SSSR count). The molecular weight excluding hydrogens is 378 g/mol. The minimum atomic E-state index is -0.766. The van der Waals surface area contributed by atoms with Crippen molar-refractivity contribution in [2.75, 3.05) is 14.2 Å². The number of amides is 1. The number of rotatable bonds is 7. The number of carbonyl (C=O) groups is 2. The van der Waals surface area contributed by atoms with E-state index in [2.05, 4.69) is 26.0 Å². The van der Waals surface area contributed by atoms with Crippen LogP contribution in [0.3, 0.4) is 0 Å². The van der Waals surface area contributed by atoms with E-state index >= 15 is 0 Å². The van der Waals surface area contributed by atoms with Gasteiger partial charge in [-0.1, -0.05) is 60.1 Å². The van der Waals surface area contributed by atoms with Crippen molar-refractivity contribution in [3.63, 3.8) is 0 Å². The molecule has 1 amide bonds. The molecule has 1 atom stereocenters. The highest BCUT2D eigenvalue weighted by molar-refractivity contribution is 9.11. The SMILES string of the molecule is COC(=O)N/C(C(=O)OC)=C(\Br)[C@H](OCc1ccccc1)C(C)C. The van der Waals surface area contributed by atoms with Crippen LogP contribution in [-0.2, 0) is 25.6 Å². The molecule has 0 saturated heterocycles. The third-order valence-corrected chi connectivity index (χ3v) is 4.02. The summed E-state index contributed by atoms with van der Waals surface area (Å²) in [5, 5.41) is 2.37. The van der Waals surface area contributed by atoms with E-state index in [1.165, 1.54) is 14.2 Å². The van der Waals surface area contributed by atoms with Crippen molar-refractivity contribution in [1.29, 1.82) is 0 Å². The number of benzene rings is 1. The number of halogens is 1. The van der Waals surface area contributed by atoms with Crippen LogP contribution in [0.15, 0.2) is 40.5 Å². The van der Waals surface area contributed by atoms with E-state index in [0.29, 0.717) is 11.1 Å². The Bertz CT molecular complexity index is 586. The summed E-state index contributed by atoms with van der Waals surface area (Å²) in [5.41, 5.74) is 0.958. The maximum absolute atomic E-state index is 12.0. The lowest BCUT2D eigenvalue weighted by Gasteiger charge is -2.23. The second-order valence-corrected chi connectivity index (χ2v) is 6.15. The topological polar surface area (TPSA) is 73.9 Å². The molecular formula is C17H22BrNO5. The molecule has 0 aliphatic heterocycles. The fourth-order valence-electron chi connectivity index (χ4n) is 1.92. The van der Waals surface area contributed by atoms with Crippen LogP contribution in [0.25, 0.3) is 0 Å². The van der Waals surface area contributed by atoms with Crippen molar-refractivity contribution < 1.29 is 23.8 Å². The largest absolute Gasteiger partial charge is 0.464 e. The van der Waals surface area contributed by atoms with Crippen LogP contribution < -0.4 is 5.32 Å². The standard InChI is InChI=1S/C17H22BrNO5/c1-11(2)15(24-10-12-8-6-5-7-9-12)13(18)14(16(20)22-3)19-17(21)23-4/h5-9,11,15H,10H2,1-4H3,(H,19,21)/b14-13-/t15-/m1/s1. The Morgan fingerprint density at radius 1 is 1.12 bits per heavy atom. The van der Waals surface area contributed by atoms with E-state index < -0.39 is 18.2 Å². The molecule has 0 aromatic heterocycles. The summed E-state index contributed by atoms with van der Waals surface area (Å²) in [6.45, 7) is 4.26. The van der Waals surface area contributed by atoms with Crippen LogP contribution in [0, 0.1) is 5.92 Å². The van der Waals surface area contributed by atoms with Crippen LogP contribution >= 0.6 is 15.9 Å². The van der Waals surface area contributed by atoms with Gasteiger partial charge in [-0.2, -0.15) is 0 Å². The van der Waals surface area contributed by atoms with E-state index in [-0.39, 0.29) is 11.6 Å². The molecule has 0 bridgehead atoms. The van der Waals surface area contributed by atoms with Gasteiger partial charge in [-0.3, -0.25) is 5.32 Å². The first-order valence-electron chi connectivity index (χ1n) is 7.39. The van der Waals surface area contributed by atoms with Gasteiger partial charge in [-0.05, 0) is 11.5 Å². The molecule has 0 heterocycles. The summed E-state index contributed by atoms with van der Waals surface area (Å²) in [6, 6.07) is 9.67. The van der Waals surface area contributed by atoms with Gasteiger partial charge in [0.15, 0.2) is 0 Å². The van der Waals surface area contributed by atoms with Crippen molar-refractivity contribution in [3.8, 4) is 0 Å². The zero-order chi connectivity index (χ0) is 18.1. The first-order chi connectivity index (χ1) is 11.4. The average Bonchev–Trinajstić information content (AvgIpc) is 2.59. The maximum atomic E-state index is 12.0. The first kappa shape index (κ1) is 20.2. The summed E-state index contributed by atoms with van der Waals surface area (Å²) >= 11 is 3.37. The Morgan fingerprint density at radius 3 is 2.25 bits per heavy atom. The van der Waals surface area contributed by atoms with Gasteiger partial charge in [0.1, 0.15) is 5.70 Å². The highest BCUT2D eigenvalue weighted by Crippen LogP contribution is 2.26. The van der Waals surface area contributed by atoms with Gasteiger partial charge < -0.3 is 14.2 Å². The molecule has 0 unspecified atom stereocenters. The zero-order valence-corrected chi connectivity index (χ0v) is 15.8. The lowest BCUT2D eigenvalue weighted by Crippen LogP contribution is -2.32. The Hall–Kier alpha value is -1.86. The quantitative estimate of drug-likeness (QED) is 0.561. The molecule has 1 aromatic carbocycles. The van der Waals surface area contributed by atoms with Crippen LogP contribution in [0.2, 0.25) is 0 Å². The molecule has 0 fully saturated rings. The van der Waals surface area contributed by atoms with Gasteiger partial charge in [0.2, 0.25) is 0 Å². The van der Waals surface area contributed by atoms with Crippen molar-refractivity contribution in [2.24, 2.45) is 5.92 Å². The fourth-order valence-corrected chi connectivity index (χ4v) is 2.85. The predicted octanol–water partition coefficient (Wildman–Crippen LogP) is 3.36. The number of ether oxygens (including phenoxy) is 3. The smallest absolute Gasteiger partial charge is 0.411 e. The lowest BCUT2D eigenvalue weighted by atomic mass is 10.1. The highest BCUT2D eigenvalue weighted by atomic mass is 79.9. The number of esters is 1. The summed E-state index contributed by atoms with van der Waals surface area (Å²) in [4.78, 5) is 23.5. The third kappa shape index (κ3) is 5.98. The second kappa shape index (κ2) is 10.1. The van der Waals surface area contributed by atoms with E-state index in [1.807, 2.05) is 44.2 Å². The molecule has 0 aliphatic rings. The van der Waals surface area contributed by atoms with E-state index in [9.17, 15) is 9.59 Å². The minimum Gasteiger partial charge on any atom is -0.464 e. The zero-order valence-electron chi connectivity index (χ0n) is 14.2. The third-order valence-electron chi connectivity index (χ3n) is 3.17. The highest BCUT2D eigenvalue weighted by Gasteiger charge is 2.26. The Balaban J connectivity index is 3.03. The molecule has 132 valence electrons. The molecule has 1 aromatic rings. The second-order valence-electron chi connectivity index (χ2n) is 5.29. The van der Waals surface area contributed by atoms with Gasteiger partial charge >= 0.3 is 12.1 Å². The summed E-state index contributed by atoms with van der Waals surface area (Å²) in [6.07, 6.45) is -1.21. The van der Waals surface area contributed by atoms with Gasteiger partial charge in [0.25, 0.3) is 0 Å². The molecule has 1 N–H and O–H groups in total. The van der Waals surface area contributed by atoms with Gasteiger partial charge in [0, 0.05) is 0 Å². The lowest BCUT2D eigenvalue weighted by molar-refractivity contribution is -0.136. The van der Waals surface area contributed by atoms with Gasteiger partial charge in [-0.15, -0.1) is 0 Å². The van der Waals surface area contributed by atoms with Gasteiger partial charge in [0.05, 0.1) is 31.4 Å². The summed E-state index contributed by atoms with van der Waals surface area (Å²) in [7, 11) is 2.45. The molecule has 0 spiro atoms. The Labute approximate surface area is 150 Å². The van der Waals surface area contributed by atoms with Crippen LogP contribution in [0.1, 0.15) is 19.4 Å². The number of hydrogen-bond donors (Lipinski definition) is 1. The van der Waals surface area contributed by atoms with Crippen LogP contribution in [-0.4, -0.2) is 32.4 Å². The van der Waals surface area contributed by atoms with Crippen LogP contribution in [0.5, 0.6) is 0 Å². The maximum Gasteiger partial charge on any atom is 0.411 e. The predicted molar refractivity (Wildman–Crippen MR) is 93.4 cm³/mol. The number of hydrogen-bond acceptors (Lipinski definition) is 5. The van der Waals surface area contributed by atoms with E-state index in [4.69, 9.17) is 9.47 Å². The minimum absolute atomic E-state index is 0.0437. The van der Waals surface area contributed by atoms with Crippen molar-refractivity contribution >= 4 is 28.0 Å². The molecule has 0 aliphatic carbocycles. The van der Waals surface area contributed by atoms with Crippen molar-refractivity contribution in [1.82, 2.24) is 5.32 Å². The molecule has 0 saturated carbocycles. The van der Waals surface area contributed by atoms with E-state index in [1.54, 1.807) is 0 Å². The Kier molecular flexibility index (Phi) is 8.49.